The minimum atomic E-state index is -0.918. The Morgan fingerprint density at radius 2 is 1.62 bits per heavy atom. The van der Waals surface area contributed by atoms with Gasteiger partial charge in [0.25, 0.3) is 0 Å². The highest BCUT2D eigenvalue weighted by Crippen LogP contribution is 2.04. The van der Waals surface area contributed by atoms with Gasteiger partial charge in [-0.2, -0.15) is 0 Å². The van der Waals surface area contributed by atoms with Gasteiger partial charge in [0.2, 0.25) is 0 Å². The molecule has 1 rings (SSSR count). The second-order valence-electron chi connectivity index (χ2n) is 2.19. The highest BCUT2D eigenvalue weighted by Gasteiger charge is 2.22. The molecule has 1 nitrogen and oxygen atoms in total. The molecule has 1 fully saturated rings. The van der Waals surface area contributed by atoms with Crippen molar-refractivity contribution in [1.82, 2.24) is 0 Å². The van der Waals surface area contributed by atoms with Crippen molar-refractivity contribution in [2.24, 2.45) is 0 Å². The summed E-state index contributed by atoms with van der Waals surface area (Å²) in [7, 11) is 0. The SMILES string of the molecule is F[C@@H]1C[NH2+]C[C@H](F)C1. The van der Waals surface area contributed by atoms with Crippen molar-refractivity contribution in [3.63, 3.8) is 0 Å². The molecule has 3 heteroatoms. The van der Waals surface area contributed by atoms with Gasteiger partial charge >= 0.3 is 0 Å². The van der Waals surface area contributed by atoms with Crippen LogP contribution in [0.4, 0.5) is 8.78 Å². The molecule has 0 amide bonds. The lowest BCUT2D eigenvalue weighted by molar-refractivity contribution is -0.672. The van der Waals surface area contributed by atoms with Gasteiger partial charge < -0.3 is 5.32 Å². The quantitative estimate of drug-likeness (QED) is 0.451. The lowest BCUT2D eigenvalue weighted by atomic mass is 10.1. The van der Waals surface area contributed by atoms with Crippen LogP contribution in [0.15, 0.2) is 0 Å². The van der Waals surface area contributed by atoms with E-state index in [1.165, 1.54) is 0 Å². The highest BCUT2D eigenvalue weighted by atomic mass is 19.1. The van der Waals surface area contributed by atoms with Crippen molar-refractivity contribution in [1.29, 1.82) is 0 Å². The lowest BCUT2D eigenvalue weighted by Crippen LogP contribution is -2.90. The third-order valence-electron chi connectivity index (χ3n) is 1.36. The van der Waals surface area contributed by atoms with E-state index in [4.69, 9.17) is 0 Å². The van der Waals surface area contributed by atoms with Gasteiger partial charge in [-0.05, 0) is 0 Å². The average Bonchev–Trinajstić information content (AvgIpc) is 1.64. The zero-order chi connectivity index (χ0) is 5.98. The molecule has 0 radical (unpaired) electrons. The summed E-state index contributed by atoms with van der Waals surface area (Å²) in [4.78, 5) is 0. The monoisotopic (exact) mass is 122 g/mol. The molecule has 1 aliphatic rings. The van der Waals surface area contributed by atoms with Gasteiger partial charge in [-0.1, -0.05) is 0 Å². The Bertz CT molecular complexity index is 68.8. The third kappa shape index (κ3) is 1.40. The number of quaternary nitrogens is 1. The summed E-state index contributed by atoms with van der Waals surface area (Å²) in [6, 6.07) is 0. The molecule has 1 aliphatic heterocycles. The average molecular weight is 122 g/mol. The fourth-order valence-electron chi connectivity index (χ4n) is 0.928. The molecule has 0 unspecified atom stereocenters. The first-order valence-corrected chi connectivity index (χ1v) is 2.89. The fraction of sp³-hybridized carbons (Fsp3) is 1.00. The van der Waals surface area contributed by atoms with Crippen LogP contribution in [-0.4, -0.2) is 25.4 Å². The standard InChI is InChI=1S/C5H9F2N/c6-4-1-5(7)3-8-2-4/h4-5,8H,1-3H2/p+1/t4-,5+. The maximum absolute atomic E-state index is 12.2. The summed E-state index contributed by atoms with van der Waals surface area (Å²) < 4.78 is 24.3. The first-order chi connectivity index (χ1) is 3.79. The molecule has 0 saturated carbocycles. The number of hydrogen-bond acceptors (Lipinski definition) is 0. The van der Waals surface area contributed by atoms with Crippen LogP contribution in [0.25, 0.3) is 0 Å². The molecule has 2 atom stereocenters. The van der Waals surface area contributed by atoms with E-state index >= 15 is 0 Å². The molecular weight excluding hydrogens is 112 g/mol. The Labute approximate surface area is 47.1 Å². The summed E-state index contributed by atoms with van der Waals surface area (Å²) in [5.74, 6) is 0. The smallest absolute Gasteiger partial charge is 0.152 e. The number of alkyl halides is 2. The van der Waals surface area contributed by atoms with Crippen molar-refractivity contribution < 1.29 is 14.1 Å². The van der Waals surface area contributed by atoms with Crippen LogP contribution in [0.3, 0.4) is 0 Å². The van der Waals surface area contributed by atoms with E-state index in [0.29, 0.717) is 13.1 Å². The minimum absolute atomic E-state index is 0.108. The van der Waals surface area contributed by atoms with Crippen molar-refractivity contribution in [3.8, 4) is 0 Å². The van der Waals surface area contributed by atoms with Crippen LogP contribution in [0, 0.1) is 0 Å². The van der Waals surface area contributed by atoms with Crippen molar-refractivity contribution in [2.45, 2.75) is 18.8 Å². The molecule has 0 aromatic rings. The Morgan fingerprint density at radius 1 is 1.12 bits per heavy atom. The van der Waals surface area contributed by atoms with Crippen molar-refractivity contribution >= 4 is 0 Å². The maximum atomic E-state index is 12.2. The van der Waals surface area contributed by atoms with Crippen LogP contribution >= 0.6 is 0 Å². The second-order valence-corrected chi connectivity index (χ2v) is 2.19. The van der Waals surface area contributed by atoms with Gasteiger partial charge in [-0.15, -0.1) is 0 Å². The largest absolute Gasteiger partial charge is 0.341 e. The molecule has 0 aromatic carbocycles. The number of nitrogens with two attached hydrogens (primary N) is 1. The van der Waals surface area contributed by atoms with E-state index in [1.807, 2.05) is 0 Å². The van der Waals surface area contributed by atoms with Gasteiger partial charge in [-0.25, -0.2) is 8.78 Å². The zero-order valence-electron chi connectivity index (χ0n) is 4.61. The van der Waals surface area contributed by atoms with E-state index in [2.05, 4.69) is 0 Å². The number of hydrogen-bond donors (Lipinski definition) is 1. The van der Waals surface area contributed by atoms with Crippen LogP contribution < -0.4 is 5.32 Å². The van der Waals surface area contributed by atoms with Crippen LogP contribution in [0.1, 0.15) is 6.42 Å². The third-order valence-corrected chi connectivity index (χ3v) is 1.36. The number of piperidine rings is 1. The fourth-order valence-corrected chi connectivity index (χ4v) is 0.928. The van der Waals surface area contributed by atoms with E-state index in [1.54, 1.807) is 5.32 Å². The van der Waals surface area contributed by atoms with Crippen LogP contribution in [-0.2, 0) is 0 Å². The summed E-state index contributed by atoms with van der Waals surface area (Å²) in [5.41, 5.74) is 0. The van der Waals surface area contributed by atoms with Crippen molar-refractivity contribution in [3.05, 3.63) is 0 Å². The molecule has 0 spiro atoms. The Morgan fingerprint density at radius 3 is 1.88 bits per heavy atom. The highest BCUT2D eigenvalue weighted by molar-refractivity contribution is 4.64. The molecule has 0 aliphatic carbocycles. The van der Waals surface area contributed by atoms with Crippen molar-refractivity contribution in [2.75, 3.05) is 13.1 Å². The molecule has 2 N–H and O–H groups in total. The van der Waals surface area contributed by atoms with E-state index in [9.17, 15) is 8.78 Å². The minimum Gasteiger partial charge on any atom is -0.341 e. The molecule has 0 bridgehead atoms. The Balaban J connectivity index is 2.23. The Hall–Kier alpha value is -0.180. The first-order valence-electron chi connectivity index (χ1n) is 2.89. The van der Waals surface area contributed by atoms with E-state index in [-0.39, 0.29) is 6.42 Å². The predicted octanol–water partition coefficient (Wildman–Crippen LogP) is -0.370. The summed E-state index contributed by atoms with van der Waals surface area (Å²) in [6.45, 7) is 0.890. The van der Waals surface area contributed by atoms with Gasteiger partial charge in [-0.3, -0.25) is 0 Å². The first kappa shape index (κ1) is 5.95. The Kier molecular flexibility index (Phi) is 1.78. The van der Waals surface area contributed by atoms with E-state index in [0.717, 1.165) is 0 Å². The predicted molar refractivity (Wildman–Crippen MR) is 26.1 cm³/mol. The summed E-state index contributed by atoms with van der Waals surface area (Å²) in [6.07, 6.45) is -1.73. The van der Waals surface area contributed by atoms with Gasteiger partial charge in [0.15, 0.2) is 12.3 Å². The molecule has 48 valence electrons. The van der Waals surface area contributed by atoms with Gasteiger partial charge in [0.1, 0.15) is 13.1 Å². The topological polar surface area (TPSA) is 16.6 Å². The van der Waals surface area contributed by atoms with Crippen LogP contribution in [0.2, 0.25) is 0 Å². The zero-order valence-corrected chi connectivity index (χ0v) is 4.61. The molecule has 8 heavy (non-hydrogen) atoms. The normalized spacial score (nSPS) is 39.8. The molecule has 0 aromatic heterocycles. The van der Waals surface area contributed by atoms with E-state index < -0.39 is 12.3 Å². The molecule has 1 heterocycles. The number of rotatable bonds is 0. The lowest BCUT2D eigenvalue weighted by Gasteiger charge is -2.15. The summed E-state index contributed by atoms with van der Waals surface area (Å²) in [5, 5.41) is 1.68. The summed E-state index contributed by atoms with van der Waals surface area (Å²) >= 11 is 0. The van der Waals surface area contributed by atoms with Crippen LogP contribution in [0.5, 0.6) is 0 Å². The van der Waals surface area contributed by atoms with Gasteiger partial charge in [0, 0.05) is 6.42 Å². The number of halogens is 2. The second kappa shape index (κ2) is 2.40. The molecule has 1 saturated heterocycles. The molecular formula is C5H10F2N+. The van der Waals surface area contributed by atoms with Gasteiger partial charge in [0.05, 0.1) is 0 Å². The maximum Gasteiger partial charge on any atom is 0.152 e.